The van der Waals surface area contributed by atoms with Crippen LogP contribution in [-0.4, -0.2) is 71.2 Å². The van der Waals surface area contributed by atoms with Gasteiger partial charge >= 0.3 is 6.09 Å². The summed E-state index contributed by atoms with van der Waals surface area (Å²) < 4.78 is 11.5. The first kappa shape index (κ1) is 33.3. The standard InChI is InChI=1S/C36H41ClN4O4/c1-7-27(28-14-9-10-15-29(28)37)34(31-23-25-13-8-11-16-30(25)39-31)26-18-19-32(38-24-26)44-22-21-41(35(43)45-36(2,3)4)20-12-17-33(42)40(5)6/h8-19,23-24,39H,7,20-22H2,1-6H3/b17-12+,34-27+. The Hall–Kier alpha value is -4.56. The number of carbonyl (C=O) groups excluding carboxylic acids is 2. The van der Waals surface area contributed by atoms with E-state index in [9.17, 15) is 9.59 Å². The molecule has 8 nitrogen and oxygen atoms in total. The van der Waals surface area contributed by atoms with Gasteiger partial charge in [0.2, 0.25) is 11.8 Å². The second kappa shape index (κ2) is 14.9. The molecule has 1 N–H and O–H groups in total. The molecule has 0 saturated carbocycles. The molecule has 4 rings (SSSR count). The van der Waals surface area contributed by atoms with Crippen LogP contribution in [0, 0.1) is 0 Å². The third-order valence-corrected chi connectivity index (χ3v) is 7.30. The predicted octanol–water partition coefficient (Wildman–Crippen LogP) is 7.85. The van der Waals surface area contributed by atoms with E-state index in [-0.39, 0.29) is 25.6 Å². The second-order valence-electron chi connectivity index (χ2n) is 11.8. The number of hydrogen-bond donors (Lipinski definition) is 1. The Bertz CT molecular complexity index is 1650. The highest BCUT2D eigenvalue weighted by Crippen LogP contribution is 2.37. The summed E-state index contributed by atoms with van der Waals surface area (Å²) in [5.74, 6) is 0.259. The zero-order chi connectivity index (χ0) is 32.6. The van der Waals surface area contributed by atoms with Gasteiger partial charge in [-0.15, -0.1) is 0 Å². The summed E-state index contributed by atoms with van der Waals surface area (Å²) in [6, 6.07) is 22.0. The van der Waals surface area contributed by atoms with Crippen LogP contribution >= 0.6 is 11.6 Å². The van der Waals surface area contributed by atoms with Crippen LogP contribution in [0.1, 0.15) is 50.9 Å². The van der Waals surface area contributed by atoms with E-state index in [0.717, 1.165) is 45.3 Å². The fourth-order valence-electron chi connectivity index (χ4n) is 4.80. The van der Waals surface area contributed by atoms with Crippen LogP contribution in [0.4, 0.5) is 4.79 Å². The molecule has 0 saturated heterocycles. The van der Waals surface area contributed by atoms with Crippen LogP contribution in [0.25, 0.3) is 22.0 Å². The lowest BCUT2D eigenvalue weighted by Crippen LogP contribution is -2.39. The van der Waals surface area contributed by atoms with Crippen molar-refractivity contribution in [2.45, 2.75) is 39.7 Å². The molecule has 0 fully saturated rings. The summed E-state index contributed by atoms with van der Waals surface area (Å²) in [6.07, 6.45) is 5.13. The molecule has 0 aliphatic carbocycles. The lowest BCUT2D eigenvalue weighted by molar-refractivity contribution is -0.123. The monoisotopic (exact) mass is 628 g/mol. The maximum Gasteiger partial charge on any atom is 0.410 e. The van der Waals surface area contributed by atoms with Gasteiger partial charge < -0.3 is 24.3 Å². The first-order chi connectivity index (χ1) is 21.5. The van der Waals surface area contributed by atoms with Gasteiger partial charge in [0.1, 0.15) is 12.2 Å². The summed E-state index contributed by atoms with van der Waals surface area (Å²) in [7, 11) is 3.34. The van der Waals surface area contributed by atoms with Crippen LogP contribution in [0.2, 0.25) is 5.02 Å². The molecule has 2 amide bonds. The van der Waals surface area contributed by atoms with Crippen molar-refractivity contribution in [1.29, 1.82) is 0 Å². The lowest BCUT2D eigenvalue weighted by Gasteiger charge is -2.26. The minimum absolute atomic E-state index is 0.165. The summed E-state index contributed by atoms with van der Waals surface area (Å²) >= 11 is 6.68. The van der Waals surface area contributed by atoms with Gasteiger partial charge in [-0.3, -0.25) is 4.79 Å². The number of ether oxygens (including phenoxy) is 2. The number of likely N-dealkylation sites (N-methyl/N-ethyl adjacent to an activating group) is 1. The number of benzene rings is 2. The molecule has 2 heterocycles. The van der Waals surface area contributed by atoms with E-state index in [0.29, 0.717) is 10.9 Å². The molecule has 0 aliphatic rings. The number of rotatable bonds is 11. The number of carbonyl (C=O) groups is 2. The second-order valence-corrected chi connectivity index (χ2v) is 12.2. The lowest BCUT2D eigenvalue weighted by atomic mass is 9.91. The largest absolute Gasteiger partial charge is 0.476 e. The summed E-state index contributed by atoms with van der Waals surface area (Å²) in [4.78, 5) is 35.9. The average Bonchev–Trinajstić information content (AvgIpc) is 3.42. The number of pyridine rings is 1. The van der Waals surface area contributed by atoms with Gasteiger partial charge in [0.05, 0.1) is 6.54 Å². The number of fused-ring (bicyclic) bond motifs is 1. The average molecular weight is 629 g/mol. The number of halogens is 1. The number of nitrogens with one attached hydrogen (secondary N) is 1. The third-order valence-electron chi connectivity index (χ3n) is 6.97. The van der Waals surface area contributed by atoms with Crippen molar-refractivity contribution in [2.24, 2.45) is 0 Å². The Morgan fingerprint density at radius 3 is 2.40 bits per heavy atom. The molecule has 9 heteroatoms. The molecule has 0 atom stereocenters. The third kappa shape index (κ3) is 8.99. The molecular weight excluding hydrogens is 588 g/mol. The zero-order valence-corrected chi connectivity index (χ0v) is 27.5. The van der Waals surface area contributed by atoms with Gasteiger partial charge in [0, 0.05) is 71.7 Å². The Kier molecular flexibility index (Phi) is 11.1. The number of aromatic nitrogens is 2. The van der Waals surface area contributed by atoms with Crippen molar-refractivity contribution in [2.75, 3.05) is 33.8 Å². The Labute approximate surface area is 270 Å². The molecule has 0 spiro atoms. The van der Waals surface area contributed by atoms with Crippen molar-refractivity contribution in [3.8, 4) is 5.88 Å². The molecule has 0 aliphatic heterocycles. The van der Waals surface area contributed by atoms with Crippen molar-refractivity contribution in [3.63, 3.8) is 0 Å². The van der Waals surface area contributed by atoms with E-state index in [1.807, 2.05) is 69.3 Å². The maximum atomic E-state index is 12.8. The molecule has 2 aromatic heterocycles. The van der Waals surface area contributed by atoms with Crippen LogP contribution in [0.15, 0.2) is 85.1 Å². The molecule has 4 aromatic rings. The zero-order valence-electron chi connectivity index (χ0n) is 26.8. The Morgan fingerprint density at radius 2 is 1.76 bits per heavy atom. The normalized spacial score (nSPS) is 12.2. The van der Waals surface area contributed by atoms with E-state index >= 15 is 0 Å². The minimum atomic E-state index is -0.658. The van der Waals surface area contributed by atoms with Gasteiger partial charge in [0.15, 0.2) is 0 Å². The van der Waals surface area contributed by atoms with E-state index in [1.54, 1.807) is 26.4 Å². The van der Waals surface area contributed by atoms with Crippen LogP contribution in [0.5, 0.6) is 5.88 Å². The van der Waals surface area contributed by atoms with Crippen molar-refractivity contribution in [1.82, 2.24) is 19.8 Å². The molecule has 0 unspecified atom stereocenters. The van der Waals surface area contributed by atoms with Gasteiger partial charge in [-0.2, -0.15) is 0 Å². The maximum absolute atomic E-state index is 12.8. The SMILES string of the molecule is CC/C(=C(/c1ccc(OCCN(C/C=C/C(=O)N(C)C)C(=O)OC(C)(C)C)nc1)c1cc2ccccc2[nH]1)c1ccccc1Cl. The van der Waals surface area contributed by atoms with Crippen LogP contribution in [-0.2, 0) is 9.53 Å². The highest BCUT2D eigenvalue weighted by molar-refractivity contribution is 6.32. The molecule has 45 heavy (non-hydrogen) atoms. The molecular formula is C36H41ClN4O4. The van der Waals surface area contributed by atoms with Gasteiger partial charge in [-0.25, -0.2) is 9.78 Å². The minimum Gasteiger partial charge on any atom is -0.476 e. The van der Waals surface area contributed by atoms with Gasteiger partial charge in [0.25, 0.3) is 0 Å². The molecule has 0 bridgehead atoms. The van der Waals surface area contributed by atoms with Crippen molar-refractivity contribution >= 4 is 45.7 Å². The number of amides is 2. The molecule has 0 radical (unpaired) electrons. The van der Waals surface area contributed by atoms with E-state index in [2.05, 4.69) is 35.1 Å². The fraction of sp³-hybridized carbons (Fsp3) is 0.306. The van der Waals surface area contributed by atoms with Gasteiger partial charge in [-0.05, 0) is 62.6 Å². The number of aromatic amines is 1. The molecule has 2 aromatic carbocycles. The van der Waals surface area contributed by atoms with Crippen molar-refractivity contribution < 1.29 is 19.1 Å². The van der Waals surface area contributed by atoms with E-state index in [4.69, 9.17) is 21.1 Å². The number of H-pyrrole nitrogens is 1. The quantitative estimate of drug-likeness (QED) is 0.171. The number of allylic oxidation sites excluding steroid dienone is 1. The summed E-state index contributed by atoms with van der Waals surface area (Å²) in [6.45, 7) is 8.18. The highest BCUT2D eigenvalue weighted by atomic mass is 35.5. The first-order valence-electron chi connectivity index (χ1n) is 15.0. The molecule has 236 valence electrons. The number of para-hydroxylation sites is 1. The van der Waals surface area contributed by atoms with E-state index in [1.165, 1.54) is 15.9 Å². The smallest absolute Gasteiger partial charge is 0.410 e. The topological polar surface area (TPSA) is 87.8 Å². The van der Waals surface area contributed by atoms with Crippen molar-refractivity contribution in [3.05, 3.63) is 107 Å². The van der Waals surface area contributed by atoms with E-state index < -0.39 is 11.7 Å². The predicted molar refractivity (Wildman–Crippen MR) is 181 cm³/mol. The number of nitrogens with zero attached hydrogens (tertiary/aromatic N) is 3. The fourth-order valence-corrected chi connectivity index (χ4v) is 5.05. The Balaban J connectivity index is 1.57. The number of hydrogen-bond acceptors (Lipinski definition) is 5. The van der Waals surface area contributed by atoms with Crippen LogP contribution in [0.3, 0.4) is 0 Å². The summed E-state index contributed by atoms with van der Waals surface area (Å²) in [5.41, 5.74) is 5.34. The summed E-state index contributed by atoms with van der Waals surface area (Å²) in [5, 5.41) is 1.80. The van der Waals surface area contributed by atoms with Crippen LogP contribution < -0.4 is 4.74 Å². The Morgan fingerprint density at radius 1 is 1.02 bits per heavy atom. The highest BCUT2D eigenvalue weighted by Gasteiger charge is 2.22. The first-order valence-corrected chi connectivity index (χ1v) is 15.4. The van der Waals surface area contributed by atoms with Gasteiger partial charge in [-0.1, -0.05) is 61.0 Å².